The molecule has 194 valence electrons. The zero-order chi connectivity index (χ0) is 25.9. The summed E-state index contributed by atoms with van der Waals surface area (Å²) >= 11 is 0. The van der Waals surface area contributed by atoms with E-state index in [-0.39, 0.29) is 12.5 Å². The molecule has 6 rings (SSSR count). The highest BCUT2D eigenvalue weighted by molar-refractivity contribution is 6.14. The largest absolute Gasteiger partial charge is 0.341 e. The number of hydrogen-bond acceptors (Lipinski definition) is 4. The molecule has 2 N–H and O–H groups in total. The van der Waals surface area contributed by atoms with Crippen molar-refractivity contribution < 1.29 is 14.4 Å². The Hall–Kier alpha value is -3.68. The third kappa shape index (κ3) is 5.53. The first-order chi connectivity index (χ1) is 17.9. The van der Waals surface area contributed by atoms with Gasteiger partial charge in [-0.2, -0.15) is 0 Å². The van der Waals surface area contributed by atoms with E-state index < -0.39 is 18.1 Å². The number of nitrogens with one attached hydrogen (secondary N) is 2. The van der Waals surface area contributed by atoms with E-state index in [2.05, 4.69) is 15.6 Å². The molecule has 0 radical (unpaired) electrons. The summed E-state index contributed by atoms with van der Waals surface area (Å²) in [4.78, 5) is 48.4. The minimum Gasteiger partial charge on any atom is -0.341 e. The Bertz CT molecular complexity index is 1200. The molecule has 8 heteroatoms. The molecule has 3 heterocycles. The van der Waals surface area contributed by atoms with Gasteiger partial charge in [-0.1, -0.05) is 37.3 Å². The summed E-state index contributed by atoms with van der Waals surface area (Å²) in [6.07, 6.45) is 4.15. The molecule has 8 nitrogen and oxygen atoms in total. The maximum absolute atomic E-state index is 13.8. The van der Waals surface area contributed by atoms with E-state index in [0.29, 0.717) is 35.3 Å². The maximum Gasteiger partial charge on any atom is 0.321 e. The van der Waals surface area contributed by atoms with Crippen LogP contribution in [-0.4, -0.2) is 54.3 Å². The molecule has 37 heavy (non-hydrogen) atoms. The van der Waals surface area contributed by atoms with Crippen LogP contribution in [0.1, 0.15) is 50.2 Å². The molecular formula is C29H35N5O3. The van der Waals surface area contributed by atoms with Crippen LogP contribution in [0.25, 0.3) is 0 Å². The zero-order valence-corrected chi connectivity index (χ0v) is 21.6. The number of carbonyl (C=O) groups excluding carboxylic acids is 3. The first-order valence-corrected chi connectivity index (χ1v) is 13.3. The predicted octanol–water partition coefficient (Wildman–Crippen LogP) is 4.34. The summed E-state index contributed by atoms with van der Waals surface area (Å²) in [6.45, 7) is 5.36. The molecule has 2 bridgehead atoms. The third-order valence-corrected chi connectivity index (χ3v) is 7.74. The molecule has 4 aliphatic rings. The molecule has 2 aromatic carbocycles. The number of aryl methyl sites for hydroxylation is 1. The van der Waals surface area contributed by atoms with Gasteiger partial charge in [-0.15, -0.1) is 0 Å². The molecule has 0 unspecified atom stereocenters. The van der Waals surface area contributed by atoms with Crippen LogP contribution in [0, 0.1) is 18.8 Å². The van der Waals surface area contributed by atoms with Crippen LogP contribution in [0.15, 0.2) is 53.5 Å². The van der Waals surface area contributed by atoms with Crippen molar-refractivity contribution in [3.8, 4) is 0 Å². The van der Waals surface area contributed by atoms with Crippen LogP contribution in [0.4, 0.5) is 16.2 Å². The molecule has 1 saturated carbocycles. The smallest absolute Gasteiger partial charge is 0.321 e. The molecule has 4 amide bonds. The lowest BCUT2D eigenvalue weighted by atomic mass is 9.84. The van der Waals surface area contributed by atoms with Crippen LogP contribution < -0.4 is 15.5 Å². The molecule has 2 aromatic rings. The third-order valence-electron chi connectivity index (χ3n) is 7.74. The summed E-state index contributed by atoms with van der Waals surface area (Å²) in [5, 5.41) is 5.53. The quantitative estimate of drug-likeness (QED) is 0.638. The summed E-state index contributed by atoms with van der Waals surface area (Å²) in [6, 6.07) is 14.5. The Labute approximate surface area is 218 Å². The molecule has 0 spiro atoms. The average Bonchev–Trinajstić information content (AvgIpc) is 3.27. The Morgan fingerprint density at radius 2 is 1.70 bits per heavy atom. The maximum atomic E-state index is 13.8. The monoisotopic (exact) mass is 501 g/mol. The van der Waals surface area contributed by atoms with Crippen molar-refractivity contribution in [2.24, 2.45) is 16.8 Å². The minimum atomic E-state index is -1.14. The zero-order valence-electron chi connectivity index (χ0n) is 21.6. The second-order valence-electron chi connectivity index (χ2n) is 10.4. The van der Waals surface area contributed by atoms with Crippen molar-refractivity contribution in [3.05, 3.63) is 59.7 Å². The number of amides is 4. The number of rotatable bonds is 5. The van der Waals surface area contributed by atoms with E-state index in [1.54, 1.807) is 6.07 Å². The van der Waals surface area contributed by atoms with Crippen molar-refractivity contribution in [2.75, 3.05) is 29.9 Å². The summed E-state index contributed by atoms with van der Waals surface area (Å²) < 4.78 is 0. The van der Waals surface area contributed by atoms with Gasteiger partial charge in [0.05, 0.1) is 5.69 Å². The summed E-state index contributed by atoms with van der Waals surface area (Å²) in [5.74, 6) is 0.625. The van der Waals surface area contributed by atoms with Crippen molar-refractivity contribution >= 4 is 34.9 Å². The number of hydrogen-bond donors (Lipinski definition) is 2. The fraction of sp³-hybridized carbons (Fsp3) is 0.448. The van der Waals surface area contributed by atoms with Crippen molar-refractivity contribution in [2.45, 2.75) is 52.1 Å². The fourth-order valence-electron chi connectivity index (χ4n) is 5.79. The van der Waals surface area contributed by atoms with Gasteiger partial charge in [0.2, 0.25) is 12.1 Å². The summed E-state index contributed by atoms with van der Waals surface area (Å²) in [5.41, 5.74) is 3.82. The first-order valence-electron chi connectivity index (χ1n) is 13.3. The first kappa shape index (κ1) is 25.0. The van der Waals surface area contributed by atoms with Crippen molar-refractivity contribution in [1.82, 2.24) is 10.2 Å². The van der Waals surface area contributed by atoms with E-state index >= 15 is 0 Å². The minimum absolute atomic E-state index is 0.0511. The topological polar surface area (TPSA) is 94.1 Å². The number of anilines is 2. The highest BCUT2D eigenvalue weighted by Gasteiger charge is 2.36. The van der Waals surface area contributed by atoms with Gasteiger partial charge in [-0.3, -0.25) is 19.5 Å². The Morgan fingerprint density at radius 3 is 2.38 bits per heavy atom. The molecule has 1 atom stereocenters. The second kappa shape index (κ2) is 10.7. The van der Waals surface area contributed by atoms with Crippen LogP contribution in [-0.2, 0) is 9.59 Å². The second-order valence-corrected chi connectivity index (χ2v) is 10.4. The van der Waals surface area contributed by atoms with Gasteiger partial charge in [0, 0.05) is 30.1 Å². The van der Waals surface area contributed by atoms with E-state index in [1.165, 1.54) is 30.6 Å². The van der Waals surface area contributed by atoms with Gasteiger partial charge in [0.1, 0.15) is 6.54 Å². The van der Waals surface area contributed by atoms with E-state index in [4.69, 9.17) is 0 Å². The van der Waals surface area contributed by atoms with E-state index in [0.717, 1.165) is 24.2 Å². The standard InChI is InChI=1S/C29H35N5O3/c1-3-24-23-9-4-5-10-25(23)34(18-26(35)33-16-20-11-12-21(17-33)14-13-20)28(36)27(31-24)32-29(37)30-22-8-6-7-19(2)15-22/h4-10,15,20-21,27H,3,11-14,16-18H2,1-2H3,(H2,30,32,37)/t20?,21?,27-/m0/s1. The predicted molar refractivity (Wildman–Crippen MR) is 145 cm³/mol. The number of urea groups is 1. The number of fused-ring (bicyclic) bond motifs is 5. The van der Waals surface area contributed by atoms with Crippen molar-refractivity contribution in [1.29, 1.82) is 0 Å². The van der Waals surface area contributed by atoms with Crippen molar-refractivity contribution in [3.63, 3.8) is 0 Å². The van der Waals surface area contributed by atoms with Gasteiger partial charge in [-0.25, -0.2) is 4.79 Å². The number of carbonyl (C=O) groups is 3. The molecule has 3 fully saturated rings. The van der Waals surface area contributed by atoms with E-state index in [9.17, 15) is 14.4 Å². The summed E-state index contributed by atoms with van der Waals surface area (Å²) in [7, 11) is 0. The molecule has 2 saturated heterocycles. The SMILES string of the molecule is CCC1=N[C@@H](NC(=O)Nc2cccc(C)c2)C(=O)N(CC(=O)N2CC3CCC(CC3)C2)c2ccccc21. The van der Waals surface area contributed by atoms with Gasteiger partial charge in [-0.05, 0) is 74.6 Å². The number of benzene rings is 2. The highest BCUT2D eigenvalue weighted by atomic mass is 16.2. The Kier molecular flexibility index (Phi) is 7.26. The van der Waals surface area contributed by atoms with Crippen LogP contribution in [0.2, 0.25) is 0 Å². The number of aliphatic imine (C=N–C) groups is 1. The lowest BCUT2D eigenvalue weighted by Crippen LogP contribution is -2.51. The average molecular weight is 502 g/mol. The highest BCUT2D eigenvalue weighted by Crippen LogP contribution is 2.34. The molecule has 1 aliphatic carbocycles. The van der Waals surface area contributed by atoms with Gasteiger partial charge >= 0.3 is 6.03 Å². The number of para-hydroxylation sites is 1. The lowest BCUT2D eigenvalue weighted by molar-refractivity contribution is -0.132. The lowest BCUT2D eigenvalue weighted by Gasteiger charge is -2.29. The van der Waals surface area contributed by atoms with Gasteiger partial charge in [0.15, 0.2) is 0 Å². The van der Waals surface area contributed by atoms with E-state index in [1.807, 2.05) is 61.2 Å². The van der Waals surface area contributed by atoms with Crippen LogP contribution in [0.5, 0.6) is 0 Å². The van der Waals surface area contributed by atoms with Crippen LogP contribution >= 0.6 is 0 Å². The normalized spacial score (nSPS) is 23.0. The number of nitrogens with zero attached hydrogens (tertiary/aromatic N) is 3. The fourth-order valence-corrected chi connectivity index (χ4v) is 5.79. The van der Waals surface area contributed by atoms with Gasteiger partial charge in [0.25, 0.3) is 5.91 Å². The molecule has 0 aromatic heterocycles. The van der Waals surface area contributed by atoms with Crippen LogP contribution in [0.3, 0.4) is 0 Å². The Balaban J connectivity index is 1.39. The molecule has 3 aliphatic heterocycles. The Morgan fingerprint density at radius 1 is 1.00 bits per heavy atom. The molecular weight excluding hydrogens is 466 g/mol. The number of benzodiazepines with no additional fused rings is 1. The van der Waals surface area contributed by atoms with Gasteiger partial charge < -0.3 is 15.5 Å².